The van der Waals surface area contributed by atoms with Gasteiger partial charge < -0.3 is 16.0 Å². The fourth-order valence-corrected chi connectivity index (χ4v) is 2.27. The zero-order valence-corrected chi connectivity index (χ0v) is 15.3. The Bertz CT molecular complexity index is 695. The molecule has 0 spiro atoms. The summed E-state index contributed by atoms with van der Waals surface area (Å²) in [6, 6.07) is 13.9. The molecule has 2 aromatic rings. The van der Waals surface area contributed by atoms with Gasteiger partial charge in [0.2, 0.25) is 3.79 Å². The molecule has 9 heteroatoms. The van der Waals surface area contributed by atoms with Gasteiger partial charge in [-0.1, -0.05) is 59.1 Å². The van der Waals surface area contributed by atoms with E-state index in [1.807, 2.05) is 0 Å². The van der Waals surface area contributed by atoms with Crippen LogP contribution in [0.1, 0.15) is 10.4 Å². The molecule has 2 rings (SSSR count). The number of anilines is 1. The Hall–Kier alpha value is -1.60. The third-order valence-corrected chi connectivity index (χ3v) is 3.70. The molecule has 0 saturated carbocycles. The van der Waals surface area contributed by atoms with Crippen molar-refractivity contribution in [3.8, 4) is 0 Å². The zero-order valence-electron chi connectivity index (χ0n) is 12.2. The molecule has 0 aliphatic carbocycles. The molecule has 1 aromatic heterocycles. The summed E-state index contributed by atoms with van der Waals surface area (Å²) in [7, 11) is 0. The van der Waals surface area contributed by atoms with Gasteiger partial charge in [0.1, 0.15) is 12.0 Å². The van der Waals surface area contributed by atoms with Crippen molar-refractivity contribution < 1.29 is 4.79 Å². The van der Waals surface area contributed by atoms with Crippen LogP contribution in [0.15, 0.2) is 54.7 Å². The van der Waals surface area contributed by atoms with Crippen molar-refractivity contribution in [1.82, 2.24) is 15.6 Å². The van der Waals surface area contributed by atoms with E-state index in [9.17, 15) is 4.79 Å². The lowest BCUT2D eigenvalue weighted by Crippen LogP contribution is -2.56. The number of aromatic nitrogens is 1. The fourth-order valence-electron chi connectivity index (χ4n) is 1.72. The summed E-state index contributed by atoms with van der Waals surface area (Å²) in [6.45, 7) is 0. The third-order valence-electron chi connectivity index (χ3n) is 2.82. The van der Waals surface area contributed by atoms with Gasteiger partial charge in [-0.15, -0.1) is 0 Å². The predicted octanol–water partition coefficient (Wildman–Crippen LogP) is 3.49. The first kappa shape index (κ1) is 18.7. The quantitative estimate of drug-likeness (QED) is 0.414. The van der Waals surface area contributed by atoms with Crippen LogP contribution in [-0.2, 0) is 0 Å². The highest BCUT2D eigenvalue weighted by atomic mass is 35.6. The van der Waals surface area contributed by atoms with Crippen molar-refractivity contribution in [2.45, 2.75) is 9.96 Å². The van der Waals surface area contributed by atoms with Crippen molar-refractivity contribution in [3.63, 3.8) is 0 Å². The number of carbonyl (C=O) groups is 1. The van der Waals surface area contributed by atoms with E-state index in [4.69, 9.17) is 47.0 Å². The molecule has 0 aliphatic rings. The monoisotopic (exact) mass is 402 g/mol. The number of thiocarbonyl (C=S) groups is 1. The molecule has 0 saturated heterocycles. The molecule has 3 N–H and O–H groups in total. The lowest BCUT2D eigenvalue weighted by molar-refractivity contribution is 0.0934. The van der Waals surface area contributed by atoms with Gasteiger partial charge in [0.15, 0.2) is 5.11 Å². The summed E-state index contributed by atoms with van der Waals surface area (Å²) < 4.78 is -1.82. The molecular formula is C15H13Cl3N4OS. The van der Waals surface area contributed by atoms with Crippen LogP contribution < -0.4 is 16.0 Å². The highest BCUT2D eigenvalue weighted by Gasteiger charge is 2.34. The lowest BCUT2D eigenvalue weighted by Gasteiger charge is -2.27. The standard InChI is InChI=1S/C15H13Cl3N4OS/c16-15(17,18)13(21-12(23)10-6-2-1-3-7-10)22-14(24)20-11-8-4-5-9-19-11/h1-9,13H,(H,21,23)(H2,19,20,22,24). The Morgan fingerprint density at radius 2 is 1.71 bits per heavy atom. The molecule has 126 valence electrons. The van der Waals surface area contributed by atoms with E-state index in [1.54, 1.807) is 54.7 Å². The largest absolute Gasteiger partial charge is 0.339 e. The van der Waals surface area contributed by atoms with Crippen molar-refractivity contribution >= 4 is 63.9 Å². The van der Waals surface area contributed by atoms with E-state index in [0.717, 1.165) is 0 Å². The van der Waals surface area contributed by atoms with Crippen molar-refractivity contribution in [1.29, 1.82) is 0 Å². The normalized spacial score (nSPS) is 12.1. The van der Waals surface area contributed by atoms with Gasteiger partial charge in [-0.25, -0.2) is 4.98 Å². The van der Waals surface area contributed by atoms with E-state index in [-0.39, 0.29) is 5.11 Å². The van der Waals surface area contributed by atoms with Gasteiger partial charge in [-0.3, -0.25) is 4.79 Å². The molecule has 1 atom stereocenters. The molecule has 0 bridgehead atoms. The highest BCUT2D eigenvalue weighted by Crippen LogP contribution is 2.29. The van der Waals surface area contributed by atoms with Crippen molar-refractivity contribution in [2.24, 2.45) is 0 Å². The highest BCUT2D eigenvalue weighted by molar-refractivity contribution is 7.80. The maximum Gasteiger partial charge on any atom is 0.252 e. The number of nitrogens with zero attached hydrogens (tertiary/aromatic N) is 1. The minimum atomic E-state index is -1.82. The van der Waals surface area contributed by atoms with E-state index < -0.39 is 15.9 Å². The Balaban J connectivity index is 2.03. The number of nitrogens with one attached hydrogen (secondary N) is 3. The van der Waals surface area contributed by atoms with Gasteiger partial charge in [0.25, 0.3) is 5.91 Å². The van der Waals surface area contributed by atoms with Gasteiger partial charge in [0, 0.05) is 11.8 Å². The van der Waals surface area contributed by atoms with Gasteiger partial charge >= 0.3 is 0 Å². The van der Waals surface area contributed by atoms with Crippen molar-refractivity contribution in [2.75, 3.05) is 5.32 Å². The topological polar surface area (TPSA) is 66.1 Å². The summed E-state index contributed by atoms with van der Waals surface area (Å²) in [5.41, 5.74) is 0.433. The van der Waals surface area contributed by atoms with E-state index in [1.165, 1.54) is 0 Å². The summed E-state index contributed by atoms with van der Waals surface area (Å²) in [5, 5.41) is 8.35. The summed E-state index contributed by atoms with van der Waals surface area (Å²) >= 11 is 22.9. The number of benzene rings is 1. The van der Waals surface area contributed by atoms with Crippen LogP contribution in [-0.4, -0.2) is 26.0 Å². The maximum absolute atomic E-state index is 12.2. The molecule has 0 aliphatic heterocycles. The van der Waals surface area contributed by atoms with E-state index >= 15 is 0 Å². The number of pyridine rings is 1. The summed E-state index contributed by atoms with van der Waals surface area (Å²) in [6.07, 6.45) is 0.563. The molecule has 1 unspecified atom stereocenters. The van der Waals surface area contributed by atoms with E-state index in [2.05, 4.69) is 20.9 Å². The molecule has 1 heterocycles. The number of hydrogen-bond acceptors (Lipinski definition) is 3. The van der Waals surface area contributed by atoms with Crippen LogP contribution in [0.3, 0.4) is 0 Å². The van der Waals surface area contributed by atoms with Crippen LogP contribution in [0.2, 0.25) is 0 Å². The first-order valence-electron chi connectivity index (χ1n) is 6.77. The maximum atomic E-state index is 12.2. The molecule has 0 radical (unpaired) electrons. The Morgan fingerprint density at radius 1 is 1.04 bits per heavy atom. The number of alkyl halides is 3. The first-order valence-corrected chi connectivity index (χ1v) is 8.31. The Kier molecular flexibility index (Phi) is 6.62. The van der Waals surface area contributed by atoms with Crippen molar-refractivity contribution in [3.05, 3.63) is 60.3 Å². The van der Waals surface area contributed by atoms with Gasteiger partial charge in [-0.2, -0.15) is 0 Å². The first-order chi connectivity index (χ1) is 11.4. The smallest absolute Gasteiger partial charge is 0.252 e. The van der Waals surface area contributed by atoms with Gasteiger partial charge in [-0.05, 0) is 36.5 Å². The number of amides is 1. The second kappa shape index (κ2) is 8.48. The van der Waals surface area contributed by atoms with Crippen LogP contribution in [0.5, 0.6) is 0 Å². The molecule has 0 fully saturated rings. The Labute approximate surface area is 159 Å². The molecule has 24 heavy (non-hydrogen) atoms. The molecule has 1 amide bonds. The minimum Gasteiger partial charge on any atom is -0.339 e. The number of rotatable bonds is 4. The second-order valence-electron chi connectivity index (χ2n) is 4.63. The SMILES string of the molecule is O=C(NC(NC(=S)Nc1ccccn1)C(Cl)(Cl)Cl)c1ccccc1. The van der Waals surface area contributed by atoms with E-state index in [0.29, 0.717) is 11.4 Å². The zero-order chi connectivity index (χ0) is 17.6. The van der Waals surface area contributed by atoms with Crippen LogP contribution >= 0.6 is 47.0 Å². The average molecular weight is 404 g/mol. The number of hydrogen-bond donors (Lipinski definition) is 3. The summed E-state index contributed by atoms with van der Waals surface area (Å²) in [4.78, 5) is 16.3. The molecular weight excluding hydrogens is 391 g/mol. The Morgan fingerprint density at radius 3 is 2.29 bits per heavy atom. The van der Waals surface area contributed by atoms with Crippen LogP contribution in [0.25, 0.3) is 0 Å². The third kappa shape index (κ3) is 5.79. The average Bonchev–Trinajstić information content (AvgIpc) is 2.55. The number of halogens is 3. The fraction of sp³-hybridized carbons (Fsp3) is 0.133. The lowest BCUT2D eigenvalue weighted by atomic mass is 10.2. The van der Waals surface area contributed by atoms with Crippen LogP contribution in [0, 0.1) is 0 Å². The predicted molar refractivity (Wildman–Crippen MR) is 102 cm³/mol. The van der Waals surface area contributed by atoms with Crippen LogP contribution in [0.4, 0.5) is 5.82 Å². The summed E-state index contributed by atoms with van der Waals surface area (Å²) in [5.74, 6) is 0.118. The minimum absolute atomic E-state index is 0.151. The second-order valence-corrected chi connectivity index (χ2v) is 7.40. The molecule has 5 nitrogen and oxygen atoms in total. The van der Waals surface area contributed by atoms with Gasteiger partial charge in [0.05, 0.1) is 0 Å². The molecule has 1 aromatic carbocycles. The number of carbonyl (C=O) groups excluding carboxylic acids is 1.